The Morgan fingerprint density at radius 3 is 1.18 bits per heavy atom. The van der Waals surface area contributed by atoms with E-state index in [1.165, 1.54) is 27.6 Å². The van der Waals surface area contributed by atoms with Crippen molar-refractivity contribution in [1.82, 2.24) is 60.3 Å². The molecule has 12 nitrogen and oxygen atoms in total. The summed E-state index contributed by atoms with van der Waals surface area (Å²) in [6.07, 6.45) is 11.2. The van der Waals surface area contributed by atoms with Crippen molar-refractivity contribution in [2.75, 3.05) is 0 Å². The highest BCUT2D eigenvalue weighted by molar-refractivity contribution is 5.82. The van der Waals surface area contributed by atoms with E-state index in [1.54, 1.807) is 0 Å². The maximum atomic E-state index is 4.35. The van der Waals surface area contributed by atoms with Crippen molar-refractivity contribution in [2.45, 2.75) is 166 Å². The molecule has 3 aromatic carbocycles. The molecule has 444 valence electrons. The van der Waals surface area contributed by atoms with Gasteiger partial charge in [0.2, 0.25) is 0 Å². The zero-order chi connectivity index (χ0) is 63.3. The molecule has 0 aliphatic carbocycles. The second kappa shape index (κ2) is 40.5. The van der Waals surface area contributed by atoms with Crippen molar-refractivity contribution in [1.29, 1.82) is 0 Å². The number of hydrogen-bond donors (Lipinski definition) is 0. The number of benzene rings is 3. The van der Waals surface area contributed by atoms with Gasteiger partial charge in [0.1, 0.15) is 5.82 Å². The first-order valence-electron chi connectivity index (χ1n) is 29.7. The van der Waals surface area contributed by atoms with E-state index in [-0.39, 0.29) is 0 Å². The van der Waals surface area contributed by atoms with Crippen LogP contribution in [0.25, 0.3) is 65.3 Å². The monoisotopic (exact) mass is 1130 g/mol. The normalized spacial score (nSPS) is 9.43. The fourth-order valence-corrected chi connectivity index (χ4v) is 7.49. The lowest BCUT2D eigenvalue weighted by Crippen LogP contribution is -1.87. The van der Waals surface area contributed by atoms with Crippen LogP contribution in [0.3, 0.4) is 0 Å². The topological polar surface area (TPSA) is 155 Å². The van der Waals surface area contributed by atoms with Gasteiger partial charge in [-0.25, -0.2) is 9.97 Å². The van der Waals surface area contributed by atoms with Crippen molar-refractivity contribution >= 4 is 65.3 Å². The molecule has 0 N–H and O–H groups in total. The van der Waals surface area contributed by atoms with Gasteiger partial charge in [0.05, 0.1) is 45.2 Å². The average molecular weight is 1130 g/mol. The summed E-state index contributed by atoms with van der Waals surface area (Å²) in [5.41, 5.74) is 16.9. The van der Waals surface area contributed by atoms with Crippen molar-refractivity contribution in [3.8, 4) is 0 Å². The van der Waals surface area contributed by atoms with Gasteiger partial charge in [-0.2, -0.15) is 20.4 Å². The highest BCUT2D eigenvalue weighted by Gasteiger charge is 2.00. The minimum atomic E-state index is 0.825. The summed E-state index contributed by atoms with van der Waals surface area (Å²) in [5, 5.41) is 24.2. The van der Waals surface area contributed by atoms with Crippen LogP contribution >= 0.6 is 0 Å². The molecular weight excluding hydrogens is 1030 g/mol. The van der Waals surface area contributed by atoms with E-state index in [0.717, 1.165) is 106 Å². The Labute approximate surface area is 503 Å². The first-order valence-corrected chi connectivity index (χ1v) is 29.7. The Kier molecular flexibility index (Phi) is 35.4. The molecule has 9 heterocycles. The van der Waals surface area contributed by atoms with Crippen LogP contribution in [0.2, 0.25) is 0 Å². The summed E-state index contributed by atoms with van der Waals surface area (Å²) in [6, 6.07) is 37.0. The first kappa shape index (κ1) is 73.4. The predicted octanol–water partition coefficient (Wildman–Crippen LogP) is 19.6. The molecule has 0 unspecified atom stereocenters. The molecule has 0 bridgehead atoms. The standard InChI is InChI=1S/6C10H10N2.6C2H6/c1-7-3-9-6-12-8(2)4-10(9)5-11-7;1-7-3-9-6-11-8(2)4-10(9)12-5-7;1-7-3-4-9-5-8(2)11-6-10(9)12-7;1-7-3-4-10-9(5-7)6-11-8(2)12-10;1-7-3-4-10-9(5-7)6-8(2)11-12-10;1-7-3-4-9-6-8(2)11-12-10(9)5-7;6*1-2/h6*3-6H,1-2H3;6*1-2H3. The molecule has 9 aromatic heterocycles. The first-order chi connectivity index (χ1) is 40.5. The van der Waals surface area contributed by atoms with Crippen molar-refractivity contribution < 1.29 is 0 Å². The van der Waals surface area contributed by atoms with Gasteiger partial charge in [-0.05, 0) is 173 Å². The molecule has 0 saturated carbocycles. The SMILES string of the molecule is CC.CC.CC.CC.CC.CC.Cc1cc2ccc(C)nc2cn1.Cc1cc2cnc(C)cc2cn1.Cc1ccc2cc(C)nnc2c1.Cc1ccc2nc(C)ncc2c1.Cc1ccc2nnc(C)cc2c1.Cc1cnc2cc(C)ncc2c1. The van der Waals surface area contributed by atoms with Crippen molar-refractivity contribution in [2.24, 2.45) is 0 Å². The largest absolute Gasteiger partial charge is 0.261 e. The number of aromatic nitrogens is 12. The molecule has 84 heavy (non-hydrogen) atoms. The van der Waals surface area contributed by atoms with E-state index in [0.29, 0.717) is 0 Å². The molecular formula is C72H96N12. The number of pyridine rings is 6. The van der Waals surface area contributed by atoms with Crippen LogP contribution in [0.15, 0.2) is 146 Å². The van der Waals surface area contributed by atoms with Gasteiger partial charge in [-0.1, -0.05) is 125 Å². The van der Waals surface area contributed by atoms with E-state index >= 15 is 0 Å². The Morgan fingerprint density at radius 2 is 0.595 bits per heavy atom. The minimum Gasteiger partial charge on any atom is -0.261 e. The molecule has 0 fully saturated rings. The van der Waals surface area contributed by atoms with Gasteiger partial charge >= 0.3 is 0 Å². The Balaban J connectivity index is 0.000000486. The van der Waals surface area contributed by atoms with Crippen LogP contribution in [0.5, 0.6) is 0 Å². The highest BCUT2D eigenvalue weighted by Crippen LogP contribution is 2.17. The predicted molar refractivity (Wildman–Crippen MR) is 362 cm³/mol. The van der Waals surface area contributed by atoms with Crippen molar-refractivity contribution in [3.63, 3.8) is 0 Å². The van der Waals surface area contributed by atoms with Crippen LogP contribution in [0, 0.1) is 83.1 Å². The van der Waals surface area contributed by atoms with E-state index in [1.807, 2.05) is 243 Å². The van der Waals surface area contributed by atoms with Gasteiger partial charge in [0.15, 0.2) is 0 Å². The summed E-state index contributed by atoms with van der Waals surface area (Å²) >= 11 is 0. The second-order valence-electron chi connectivity index (χ2n) is 18.1. The molecule has 12 heteroatoms. The fourth-order valence-electron chi connectivity index (χ4n) is 7.49. The van der Waals surface area contributed by atoms with E-state index in [9.17, 15) is 0 Å². The fraction of sp³-hybridized carbons (Fsp3) is 0.333. The van der Waals surface area contributed by atoms with Crippen LogP contribution in [-0.4, -0.2) is 60.3 Å². The molecule has 12 rings (SSSR count). The summed E-state index contributed by atoms with van der Waals surface area (Å²) in [5.74, 6) is 0.825. The second-order valence-corrected chi connectivity index (χ2v) is 18.1. The third-order valence-electron chi connectivity index (χ3n) is 11.2. The summed E-state index contributed by atoms with van der Waals surface area (Å²) < 4.78 is 0. The quantitative estimate of drug-likeness (QED) is 0.142. The molecule has 0 radical (unpaired) electrons. The van der Waals surface area contributed by atoms with Crippen LogP contribution in [0.4, 0.5) is 0 Å². The van der Waals surface area contributed by atoms with E-state index in [4.69, 9.17) is 0 Å². The van der Waals surface area contributed by atoms with Crippen molar-refractivity contribution in [3.05, 3.63) is 214 Å². The average Bonchev–Trinajstić information content (AvgIpc) is 3.61. The lowest BCUT2D eigenvalue weighted by molar-refractivity contribution is 1.02. The van der Waals surface area contributed by atoms with E-state index in [2.05, 4.69) is 130 Å². The Bertz CT molecular complexity index is 3090. The highest BCUT2D eigenvalue weighted by atomic mass is 15.1. The lowest BCUT2D eigenvalue weighted by atomic mass is 10.1. The number of fused-ring (bicyclic) bond motifs is 6. The maximum absolute atomic E-state index is 4.35. The zero-order valence-electron chi connectivity index (χ0n) is 55.2. The van der Waals surface area contributed by atoms with E-state index < -0.39 is 0 Å². The summed E-state index contributed by atoms with van der Waals surface area (Å²) in [7, 11) is 0. The zero-order valence-corrected chi connectivity index (χ0v) is 55.2. The molecule has 0 amide bonds. The Morgan fingerprint density at radius 1 is 0.202 bits per heavy atom. The van der Waals surface area contributed by atoms with Gasteiger partial charge in [-0.3, -0.25) is 29.9 Å². The maximum Gasteiger partial charge on any atom is 0.125 e. The third kappa shape index (κ3) is 25.2. The lowest BCUT2D eigenvalue weighted by Gasteiger charge is -1.98. The molecule has 0 aliphatic rings. The number of nitrogens with zero attached hydrogens (tertiary/aromatic N) is 12. The molecule has 0 aliphatic heterocycles. The van der Waals surface area contributed by atoms with Gasteiger partial charge in [-0.15, -0.1) is 0 Å². The van der Waals surface area contributed by atoms with Gasteiger partial charge in [0.25, 0.3) is 0 Å². The number of aryl methyl sites for hydroxylation is 12. The molecule has 12 aromatic rings. The summed E-state index contributed by atoms with van der Waals surface area (Å²) in [4.78, 5) is 33.9. The van der Waals surface area contributed by atoms with Gasteiger partial charge < -0.3 is 0 Å². The van der Waals surface area contributed by atoms with Gasteiger partial charge in [0, 0.05) is 97.2 Å². The van der Waals surface area contributed by atoms with Crippen LogP contribution in [-0.2, 0) is 0 Å². The smallest absolute Gasteiger partial charge is 0.125 e. The molecule has 0 spiro atoms. The molecule has 0 atom stereocenters. The third-order valence-corrected chi connectivity index (χ3v) is 11.2. The van der Waals surface area contributed by atoms with Crippen LogP contribution < -0.4 is 0 Å². The number of rotatable bonds is 0. The number of hydrogen-bond acceptors (Lipinski definition) is 12. The minimum absolute atomic E-state index is 0.825. The Hall–Kier alpha value is -8.64. The van der Waals surface area contributed by atoms with Crippen LogP contribution in [0.1, 0.15) is 151 Å². The molecule has 0 saturated heterocycles. The summed E-state index contributed by atoms with van der Waals surface area (Å²) in [6.45, 7) is 48.0.